The summed E-state index contributed by atoms with van der Waals surface area (Å²) in [4.78, 5) is 6.43. The van der Waals surface area contributed by atoms with E-state index in [9.17, 15) is 0 Å². The molecule has 0 aliphatic heterocycles. The van der Waals surface area contributed by atoms with Gasteiger partial charge in [0, 0.05) is 36.7 Å². The van der Waals surface area contributed by atoms with Gasteiger partial charge in [0.05, 0.1) is 5.54 Å². The first kappa shape index (κ1) is 17.1. The van der Waals surface area contributed by atoms with E-state index in [4.69, 9.17) is 17.3 Å². The Morgan fingerprint density at radius 3 is 2.81 bits per heavy atom. The zero-order valence-electron chi connectivity index (χ0n) is 14.8. The van der Waals surface area contributed by atoms with Gasteiger partial charge in [-0.05, 0) is 65.4 Å². The number of nitrogens with two attached hydrogens (primary N) is 1. The van der Waals surface area contributed by atoms with Gasteiger partial charge in [-0.1, -0.05) is 35.9 Å². The lowest BCUT2D eigenvalue weighted by Gasteiger charge is -2.28. The second kappa shape index (κ2) is 6.75. The van der Waals surface area contributed by atoms with Crippen LogP contribution in [0.3, 0.4) is 0 Å². The van der Waals surface area contributed by atoms with Crippen molar-refractivity contribution >= 4 is 17.3 Å². The molecule has 0 spiro atoms. The largest absolute Gasteiger partial charge is 0.370 e. The number of pyridine rings is 1. The highest BCUT2D eigenvalue weighted by atomic mass is 35.5. The highest BCUT2D eigenvalue weighted by molar-refractivity contribution is 6.30. The summed E-state index contributed by atoms with van der Waals surface area (Å²) < 4.78 is 0. The third-order valence-corrected chi connectivity index (χ3v) is 5.52. The van der Waals surface area contributed by atoms with Gasteiger partial charge in [0.15, 0.2) is 0 Å². The van der Waals surface area contributed by atoms with Gasteiger partial charge in [-0.2, -0.15) is 0 Å². The van der Waals surface area contributed by atoms with E-state index in [1.165, 1.54) is 16.7 Å². The van der Waals surface area contributed by atoms with Gasteiger partial charge in [0.1, 0.15) is 0 Å². The molecule has 1 atom stereocenters. The van der Waals surface area contributed by atoms with Crippen molar-refractivity contribution in [1.29, 1.82) is 0 Å². The molecule has 3 nitrogen and oxygen atoms in total. The Morgan fingerprint density at radius 2 is 2.04 bits per heavy atom. The predicted octanol–water partition coefficient (Wildman–Crippen LogP) is 4.52. The second-order valence-corrected chi connectivity index (χ2v) is 7.48. The van der Waals surface area contributed by atoms with Gasteiger partial charge in [-0.25, -0.2) is 0 Å². The second-order valence-electron chi connectivity index (χ2n) is 7.04. The molecule has 0 bridgehead atoms. The Kier molecular flexibility index (Phi) is 4.43. The summed E-state index contributed by atoms with van der Waals surface area (Å²) in [6, 6.07) is 18.6. The standard InChI is InChI=1S/C22H22ClN3/c1-26(15-16-4-3-11-25-14-16)20-8-7-17-9-10-22(24,21(17)13-20)18-5-2-6-19(23)12-18/h2-8,11-14H,9-10,15,24H2,1H3. The van der Waals surface area contributed by atoms with Crippen molar-refractivity contribution in [2.24, 2.45) is 5.73 Å². The van der Waals surface area contributed by atoms with E-state index in [1.807, 2.05) is 30.5 Å². The summed E-state index contributed by atoms with van der Waals surface area (Å²) in [5.41, 5.74) is 12.4. The minimum Gasteiger partial charge on any atom is -0.370 e. The molecular formula is C22H22ClN3. The van der Waals surface area contributed by atoms with Crippen LogP contribution in [-0.4, -0.2) is 12.0 Å². The Balaban J connectivity index is 1.68. The topological polar surface area (TPSA) is 42.2 Å². The molecule has 0 saturated heterocycles. The first-order chi connectivity index (χ1) is 12.6. The molecule has 26 heavy (non-hydrogen) atoms. The number of aromatic nitrogens is 1. The third-order valence-electron chi connectivity index (χ3n) is 5.29. The number of halogens is 1. The number of anilines is 1. The molecule has 2 aromatic carbocycles. The fraction of sp³-hybridized carbons (Fsp3) is 0.227. The highest BCUT2D eigenvalue weighted by Gasteiger charge is 2.37. The molecule has 0 fully saturated rings. The predicted molar refractivity (Wildman–Crippen MR) is 108 cm³/mol. The molecule has 3 aromatic rings. The number of aryl methyl sites for hydroxylation is 1. The Hall–Kier alpha value is -2.36. The molecule has 0 saturated carbocycles. The van der Waals surface area contributed by atoms with Gasteiger partial charge < -0.3 is 10.6 Å². The summed E-state index contributed by atoms with van der Waals surface area (Å²) in [5, 5.41) is 0.727. The van der Waals surface area contributed by atoms with Crippen molar-refractivity contribution in [3.05, 3.63) is 94.3 Å². The lowest BCUT2D eigenvalue weighted by molar-refractivity contribution is 0.535. The van der Waals surface area contributed by atoms with Crippen molar-refractivity contribution in [2.75, 3.05) is 11.9 Å². The van der Waals surface area contributed by atoms with Gasteiger partial charge in [-0.15, -0.1) is 0 Å². The van der Waals surface area contributed by atoms with E-state index in [0.717, 1.165) is 35.7 Å². The van der Waals surface area contributed by atoms with Gasteiger partial charge in [0.25, 0.3) is 0 Å². The lowest BCUT2D eigenvalue weighted by atomic mass is 9.85. The van der Waals surface area contributed by atoms with E-state index in [0.29, 0.717) is 0 Å². The fourth-order valence-electron chi connectivity index (χ4n) is 3.82. The molecule has 0 amide bonds. The molecule has 2 N–H and O–H groups in total. The van der Waals surface area contributed by atoms with Crippen LogP contribution in [0.4, 0.5) is 5.69 Å². The number of benzene rings is 2. The van der Waals surface area contributed by atoms with E-state index in [1.54, 1.807) is 6.20 Å². The van der Waals surface area contributed by atoms with Gasteiger partial charge in [-0.3, -0.25) is 4.98 Å². The van der Waals surface area contributed by atoms with Crippen molar-refractivity contribution in [2.45, 2.75) is 24.9 Å². The SMILES string of the molecule is CN(Cc1cccnc1)c1ccc2c(c1)C(N)(c1cccc(Cl)c1)CC2. The van der Waals surface area contributed by atoms with Crippen molar-refractivity contribution in [3.8, 4) is 0 Å². The minimum absolute atomic E-state index is 0.481. The monoisotopic (exact) mass is 363 g/mol. The lowest BCUT2D eigenvalue weighted by Crippen LogP contribution is -2.35. The maximum Gasteiger partial charge on any atom is 0.0672 e. The minimum atomic E-state index is -0.481. The van der Waals surface area contributed by atoms with Gasteiger partial charge in [0.2, 0.25) is 0 Å². The molecule has 132 valence electrons. The summed E-state index contributed by atoms with van der Waals surface area (Å²) in [6.45, 7) is 0.807. The van der Waals surface area contributed by atoms with Crippen LogP contribution in [0, 0.1) is 0 Å². The van der Waals surface area contributed by atoms with E-state index in [2.05, 4.69) is 47.3 Å². The maximum absolute atomic E-state index is 6.90. The van der Waals surface area contributed by atoms with Gasteiger partial charge >= 0.3 is 0 Å². The van der Waals surface area contributed by atoms with Crippen LogP contribution in [0.25, 0.3) is 0 Å². The number of fused-ring (bicyclic) bond motifs is 1. The zero-order chi connectivity index (χ0) is 18.1. The first-order valence-corrected chi connectivity index (χ1v) is 9.22. The Labute approximate surface area is 159 Å². The quantitative estimate of drug-likeness (QED) is 0.741. The zero-order valence-corrected chi connectivity index (χ0v) is 15.6. The Morgan fingerprint density at radius 1 is 1.15 bits per heavy atom. The van der Waals surface area contributed by atoms with Crippen LogP contribution in [0.2, 0.25) is 5.02 Å². The fourth-order valence-corrected chi connectivity index (χ4v) is 4.01. The highest BCUT2D eigenvalue weighted by Crippen LogP contribution is 2.42. The maximum atomic E-state index is 6.90. The van der Waals surface area contributed by atoms with Crippen molar-refractivity contribution in [1.82, 2.24) is 4.98 Å². The smallest absolute Gasteiger partial charge is 0.0672 e. The van der Waals surface area contributed by atoms with Crippen LogP contribution in [0.1, 0.15) is 28.7 Å². The average Bonchev–Trinajstić information content (AvgIpc) is 3.00. The molecular weight excluding hydrogens is 342 g/mol. The molecule has 4 heteroatoms. The number of hydrogen-bond acceptors (Lipinski definition) is 3. The van der Waals surface area contributed by atoms with E-state index < -0.39 is 5.54 Å². The van der Waals surface area contributed by atoms with Crippen LogP contribution in [0.5, 0.6) is 0 Å². The van der Waals surface area contributed by atoms with E-state index in [-0.39, 0.29) is 0 Å². The van der Waals surface area contributed by atoms with Crippen LogP contribution in [-0.2, 0) is 18.5 Å². The number of nitrogens with zero attached hydrogens (tertiary/aromatic N) is 2. The molecule has 1 heterocycles. The molecule has 0 radical (unpaired) electrons. The molecule has 1 aliphatic rings. The molecule has 4 rings (SSSR count). The molecule has 1 aromatic heterocycles. The average molecular weight is 364 g/mol. The van der Waals surface area contributed by atoms with Crippen molar-refractivity contribution in [3.63, 3.8) is 0 Å². The summed E-state index contributed by atoms with van der Waals surface area (Å²) in [5.74, 6) is 0. The first-order valence-electron chi connectivity index (χ1n) is 8.85. The van der Waals surface area contributed by atoms with Crippen LogP contribution in [0.15, 0.2) is 67.0 Å². The Bertz CT molecular complexity index is 926. The van der Waals surface area contributed by atoms with E-state index >= 15 is 0 Å². The number of hydrogen-bond donors (Lipinski definition) is 1. The van der Waals surface area contributed by atoms with Crippen molar-refractivity contribution < 1.29 is 0 Å². The summed E-state index contributed by atoms with van der Waals surface area (Å²) >= 11 is 6.21. The van der Waals surface area contributed by atoms with Crippen LogP contribution >= 0.6 is 11.6 Å². The molecule has 1 aliphatic carbocycles. The molecule has 1 unspecified atom stereocenters. The third kappa shape index (κ3) is 3.09. The normalized spacial score (nSPS) is 18.6. The summed E-state index contributed by atoms with van der Waals surface area (Å²) in [6.07, 6.45) is 5.60. The summed E-state index contributed by atoms with van der Waals surface area (Å²) in [7, 11) is 2.10. The number of rotatable bonds is 4. The van der Waals surface area contributed by atoms with Crippen LogP contribution < -0.4 is 10.6 Å².